The zero-order valence-electron chi connectivity index (χ0n) is 17.2. The van der Waals surface area contributed by atoms with Crippen molar-refractivity contribution in [2.75, 3.05) is 20.7 Å². The van der Waals surface area contributed by atoms with Gasteiger partial charge in [-0.2, -0.15) is 5.10 Å². The molecule has 6 nitrogen and oxygen atoms in total. The third-order valence-corrected chi connectivity index (χ3v) is 5.28. The second kappa shape index (κ2) is 8.97. The van der Waals surface area contributed by atoms with Crippen LogP contribution < -0.4 is 9.64 Å². The molecule has 1 aromatic heterocycles. The number of nitrogens with one attached hydrogen (secondary N) is 1. The molecule has 0 radical (unpaired) electrons. The molecular weight excluding hydrogens is 378 g/mol. The number of carbonyl (C=O) groups is 1. The van der Waals surface area contributed by atoms with Crippen molar-refractivity contribution in [2.45, 2.75) is 19.0 Å². The number of hydrazone groups is 1. The summed E-state index contributed by atoms with van der Waals surface area (Å²) in [4.78, 5) is 14.3. The lowest BCUT2D eigenvalue weighted by Crippen LogP contribution is -3.08. The van der Waals surface area contributed by atoms with Crippen molar-refractivity contribution in [3.63, 3.8) is 0 Å². The van der Waals surface area contributed by atoms with Crippen LogP contribution in [-0.4, -0.2) is 37.3 Å². The van der Waals surface area contributed by atoms with Gasteiger partial charge in [-0.05, 0) is 35.4 Å². The number of amides is 1. The molecule has 0 saturated carbocycles. The minimum atomic E-state index is -0.130. The molecule has 6 heteroatoms. The van der Waals surface area contributed by atoms with Crippen LogP contribution in [0.3, 0.4) is 0 Å². The van der Waals surface area contributed by atoms with Crippen molar-refractivity contribution in [1.29, 1.82) is 0 Å². The number of hydrogen-bond donors (Lipinski definition) is 1. The monoisotopic (exact) mass is 404 g/mol. The number of carbonyl (C=O) groups excluding carboxylic acids is 1. The molecule has 1 aliphatic rings. The molecule has 2 atom stereocenters. The van der Waals surface area contributed by atoms with Gasteiger partial charge in [0, 0.05) is 6.42 Å². The number of rotatable bonds is 7. The molecule has 4 rings (SSSR count). The Balaban J connectivity index is 1.56. The fraction of sp³-hybridized carbons (Fsp3) is 0.250. The first-order valence-corrected chi connectivity index (χ1v) is 10.1. The Morgan fingerprint density at radius 2 is 1.90 bits per heavy atom. The summed E-state index contributed by atoms with van der Waals surface area (Å²) >= 11 is 0. The fourth-order valence-electron chi connectivity index (χ4n) is 3.74. The third kappa shape index (κ3) is 4.44. The average Bonchev–Trinajstić information content (AvgIpc) is 3.44. The number of nitrogens with zero attached hydrogens (tertiary/aromatic N) is 2. The number of quaternary nitrogens is 1. The molecule has 2 heterocycles. The Bertz CT molecular complexity index is 998. The Morgan fingerprint density at radius 1 is 1.13 bits per heavy atom. The van der Waals surface area contributed by atoms with Crippen molar-refractivity contribution >= 4 is 11.6 Å². The van der Waals surface area contributed by atoms with Gasteiger partial charge >= 0.3 is 0 Å². The zero-order chi connectivity index (χ0) is 20.9. The number of methoxy groups -OCH3 is 1. The Kier molecular flexibility index (Phi) is 5.95. The predicted octanol–water partition coefficient (Wildman–Crippen LogP) is 2.68. The molecule has 1 amide bonds. The summed E-state index contributed by atoms with van der Waals surface area (Å²) in [5, 5.41) is 6.39. The van der Waals surface area contributed by atoms with E-state index in [-0.39, 0.29) is 11.9 Å². The Hall–Kier alpha value is -3.38. The van der Waals surface area contributed by atoms with E-state index in [2.05, 4.69) is 0 Å². The van der Waals surface area contributed by atoms with E-state index in [0.29, 0.717) is 19.5 Å². The second-order valence-corrected chi connectivity index (χ2v) is 7.53. The smallest absolute Gasteiger partial charge is 0.298 e. The van der Waals surface area contributed by atoms with E-state index in [1.807, 2.05) is 73.8 Å². The summed E-state index contributed by atoms with van der Waals surface area (Å²) in [6, 6.07) is 21.6. The van der Waals surface area contributed by atoms with Crippen LogP contribution >= 0.6 is 0 Å². The molecule has 0 bridgehead atoms. The lowest BCUT2D eigenvalue weighted by molar-refractivity contribution is -0.886. The molecule has 0 spiro atoms. The van der Waals surface area contributed by atoms with E-state index in [1.165, 1.54) is 0 Å². The van der Waals surface area contributed by atoms with Gasteiger partial charge in [0.15, 0.2) is 12.3 Å². The minimum Gasteiger partial charge on any atom is -0.497 e. The molecule has 1 N–H and O–H groups in total. The van der Waals surface area contributed by atoms with Crippen molar-refractivity contribution < 1.29 is 18.8 Å². The maximum absolute atomic E-state index is 13.2. The summed E-state index contributed by atoms with van der Waals surface area (Å²) < 4.78 is 10.7. The Labute approximate surface area is 176 Å². The highest BCUT2D eigenvalue weighted by molar-refractivity contribution is 6.03. The lowest BCUT2D eigenvalue weighted by atomic mass is 9.98. The van der Waals surface area contributed by atoms with Gasteiger partial charge in [-0.25, -0.2) is 5.01 Å². The quantitative estimate of drug-likeness (QED) is 0.659. The first-order chi connectivity index (χ1) is 14.6. The van der Waals surface area contributed by atoms with Crippen LogP contribution in [0.4, 0.5) is 0 Å². The molecule has 154 valence electrons. The van der Waals surface area contributed by atoms with Gasteiger partial charge in [-0.15, -0.1) is 0 Å². The van der Waals surface area contributed by atoms with Crippen LogP contribution in [0.25, 0.3) is 0 Å². The number of benzene rings is 2. The number of ether oxygens (including phenoxy) is 1. The summed E-state index contributed by atoms with van der Waals surface area (Å²) in [5.74, 6) is 1.65. The van der Waals surface area contributed by atoms with E-state index < -0.39 is 0 Å². The first-order valence-electron chi connectivity index (χ1n) is 10.1. The van der Waals surface area contributed by atoms with Crippen molar-refractivity contribution in [2.24, 2.45) is 5.10 Å². The summed E-state index contributed by atoms with van der Waals surface area (Å²) in [6.45, 7) is 0.980. The van der Waals surface area contributed by atoms with E-state index >= 15 is 0 Å². The average molecular weight is 404 g/mol. The third-order valence-electron chi connectivity index (χ3n) is 5.28. The number of likely N-dealkylation sites (N-methyl/N-ethyl adjacent to an activating group) is 1. The van der Waals surface area contributed by atoms with Gasteiger partial charge in [0.1, 0.15) is 12.3 Å². The summed E-state index contributed by atoms with van der Waals surface area (Å²) in [6.07, 6.45) is 2.33. The van der Waals surface area contributed by atoms with E-state index in [0.717, 1.165) is 33.2 Å². The minimum absolute atomic E-state index is 0.00851. The highest BCUT2D eigenvalue weighted by Crippen LogP contribution is 2.33. The largest absolute Gasteiger partial charge is 0.497 e. The van der Waals surface area contributed by atoms with Gasteiger partial charge in [-0.1, -0.05) is 42.5 Å². The van der Waals surface area contributed by atoms with Crippen LogP contribution in [0.5, 0.6) is 5.75 Å². The number of hydrogen-bond acceptors (Lipinski definition) is 4. The standard InChI is InChI=1S/C24H25N3O3/c1-26(16-21-9-6-14-30-21)17-24(28)27-23(19-10-12-20(29-2)13-11-19)15-22(25-27)18-7-4-3-5-8-18/h3-14,23H,15-17H2,1-2H3/p+1/t23-/m0/s1. The van der Waals surface area contributed by atoms with E-state index in [4.69, 9.17) is 14.3 Å². The van der Waals surface area contributed by atoms with Crippen LogP contribution in [-0.2, 0) is 11.3 Å². The molecule has 0 saturated heterocycles. The second-order valence-electron chi connectivity index (χ2n) is 7.53. The van der Waals surface area contributed by atoms with Gasteiger partial charge in [-0.3, -0.25) is 4.79 Å². The lowest BCUT2D eigenvalue weighted by Gasteiger charge is -2.23. The van der Waals surface area contributed by atoms with Crippen LogP contribution in [0.15, 0.2) is 82.5 Å². The highest BCUT2D eigenvalue weighted by atomic mass is 16.5. The van der Waals surface area contributed by atoms with E-state index in [1.54, 1.807) is 18.4 Å². The first kappa shape index (κ1) is 19.9. The van der Waals surface area contributed by atoms with Crippen LogP contribution in [0.1, 0.15) is 29.3 Å². The maximum atomic E-state index is 13.2. The zero-order valence-corrected chi connectivity index (χ0v) is 17.2. The van der Waals surface area contributed by atoms with Gasteiger partial charge in [0.25, 0.3) is 5.91 Å². The summed E-state index contributed by atoms with van der Waals surface area (Å²) in [5.41, 5.74) is 3.01. The number of furan rings is 1. The molecule has 1 unspecified atom stereocenters. The highest BCUT2D eigenvalue weighted by Gasteiger charge is 2.34. The fourth-order valence-corrected chi connectivity index (χ4v) is 3.74. The molecule has 1 aliphatic heterocycles. The molecule has 0 aliphatic carbocycles. The topological polar surface area (TPSA) is 59.5 Å². The molecule has 2 aromatic carbocycles. The SMILES string of the molecule is COc1ccc([C@@H]2CC(c3ccccc3)=NN2C(=O)C[NH+](C)Cc2ccco2)cc1. The summed E-state index contributed by atoms with van der Waals surface area (Å²) in [7, 11) is 3.63. The van der Waals surface area contributed by atoms with Gasteiger partial charge < -0.3 is 14.1 Å². The Morgan fingerprint density at radius 3 is 2.57 bits per heavy atom. The van der Waals surface area contributed by atoms with Crippen LogP contribution in [0.2, 0.25) is 0 Å². The molecule has 3 aromatic rings. The van der Waals surface area contributed by atoms with Gasteiger partial charge in [0.05, 0.1) is 32.2 Å². The van der Waals surface area contributed by atoms with Crippen molar-refractivity contribution in [1.82, 2.24) is 5.01 Å². The molecule has 0 fully saturated rings. The predicted molar refractivity (Wildman–Crippen MR) is 114 cm³/mol. The van der Waals surface area contributed by atoms with Gasteiger partial charge in [0.2, 0.25) is 0 Å². The van der Waals surface area contributed by atoms with E-state index in [9.17, 15) is 4.79 Å². The molecule has 30 heavy (non-hydrogen) atoms. The maximum Gasteiger partial charge on any atom is 0.298 e. The van der Waals surface area contributed by atoms with Crippen LogP contribution in [0, 0.1) is 0 Å². The molecular formula is C24H26N3O3+. The van der Waals surface area contributed by atoms with Crippen molar-refractivity contribution in [3.8, 4) is 5.75 Å². The normalized spacial score (nSPS) is 16.9. The van der Waals surface area contributed by atoms with Crippen molar-refractivity contribution in [3.05, 3.63) is 89.9 Å².